The number of nitrogens with zero attached hydrogens (tertiary/aromatic N) is 5. The number of nitriles is 1. The van der Waals surface area contributed by atoms with E-state index in [0.717, 1.165) is 0 Å². The first-order valence-corrected chi connectivity index (χ1v) is 13.2. The zero-order chi connectivity index (χ0) is 28.9. The molecular weight excluding hydrogens is 533 g/mol. The number of hydrogen-bond acceptors (Lipinski definition) is 9. The Hall–Kier alpha value is -4.50. The molecule has 0 N–H and O–H groups in total. The molecular formula is C29H28FN5O6. The van der Waals surface area contributed by atoms with Crippen LogP contribution in [-0.2, 0) is 19.6 Å². The molecule has 0 radical (unpaired) electrons. The molecule has 1 aliphatic carbocycles. The SMILES string of the molecule is CC(C)(C)OC(=O)N(C[C@H]1CN(c2ccc(-c3ccc(C4(C#N)C5COC[C@H]54)nc3)c(F)c2)C(=O)O1)c1ccon1. The van der Waals surface area contributed by atoms with Crippen LogP contribution in [0.25, 0.3) is 11.1 Å². The number of carbonyl (C=O) groups is 2. The molecule has 0 spiro atoms. The second-order valence-electron chi connectivity index (χ2n) is 11.4. The Morgan fingerprint density at radius 2 is 2.02 bits per heavy atom. The molecule has 1 aromatic carbocycles. The van der Waals surface area contributed by atoms with E-state index in [1.165, 1.54) is 28.2 Å². The number of carbonyl (C=O) groups excluding carboxylic acids is 2. The first kappa shape index (κ1) is 26.7. The summed E-state index contributed by atoms with van der Waals surface area (Å²) in [6.07, 6.45) is 0.816. The van der Waals surface area contributed by atoms with Crippen LogP contribution in [0, 0.1) is 29.0 Å². The van der Waals surface area contributed by atoms with Crippen LogP contribution in [-0.4, -0.2) is 60.3 Å². The van der Waals surface area contributed by atoms with Gasteiger partial charge in [0.25, 0.3) is 0 Å². The van der Waals surface area contributed by atoms with Gasteiger partial charge < -0.3 is 18.7 Å². The van der Waals surface area contributed by atoms with Crippen molar-refractivity contribution in [3.05, 3.63) is 60.4 Å². The maximum Gasteiger partial charge on any atom is 0.416 e. The van der Waals surface area contributed by atoms with Crippen molar-refractivity contribution in [3.8, 4) is 17.2 Å². The number of anilines is 2. The molecule has 4 heterocycles. The van der Waals surface area contributed by atoms with Crippen molar-refractivity contribution >= 4 is 23.7 Å². The van der Waals surface area contributed by atoms with Crippen LogP contribution in [0.5, 0.6) is 0 Å². The number of rotatable bonds is 6. The molecule has 2 aromatic heterocycles. The third-order valence-electron chi connectivity index (χ3n) is 7.66. The molecule has 1 saturated carbocycles. The van der Waals surface area contributed by atoms with Crippen molar-refractivity contribution in [2.45, 2.75) is 37.9 Å². The normalized spacial score (nSPS) is 24.9. The molecule has 11 nitrogen and oxygen atoms in total. The smallest absolute Gasteiger partial charge is 0.416 e. The average molecular weight is 562 g/mol. The summed E-state index contributed by atoms with van der Waals surface area (Å²) >= 11 is 0. The summed E-state index contributed by atoms with van der Waals surface area (Å²) < 4.78 is 36.6. The predicted molar refractivity (Wildman–Crippen MR) is 142 cm³/mol. The number of halogens is 1. The molecule has 3 aromatic rings. The monoisotopic (exact) mass is 561 g/mol. The summed E-state index contributed by atoms with van der Waals surface area (Å²) in [6.45, 7) is 6.35. The van der Waals surface area contributed by atoms with Crippen LogP contribution in [0.2, 0.25) is 0 Å². The molecule has 3 aliphatic rings. The van der Waals surface area contributed by atoms with Crippen molar-refractivity contribution in [2.24, 2.45) is 11.8 Å². The Bertz CT molecular complexity index is 1500. The Kier molecular flexibility index (Phi) is 6.42. The van der Waals surface area contributed by atoms with Crippen LogP contribution in [0.1, 0.15) is 26.5 Å². The van der Waals surface area contributed by atoms with Gasteiger partial charge in [0.1, 0.15) is 29.2 Å². The number of cyclic esters (lactones) is 1. The summed E-state index contributed by atoms with van der Waals surface area (Å²) in [6, 6.07) is 11.9. The van der Waals surface area contributed by atoms with E-state index in [0.29, 0.717) is 35.7 Å². The number of aromatic nitrogens is 2. The number of hydrogen-bond donors (Lipinski definition) is 0. The third-order valence-corrected chi connectivity index (χ3v) is 7.66. The highest BCUT2D eigenvalue weighted by molar-refractivity contribution is 5.91. The summed E-state index contributed by atoms with van der Waals surface area (Å²) in [5, 5.41) is 13.6. The maximum atomic E-state index is 15.3. The van der Waals surface area contributed by atoms with Gasteiger partial charge in [-0.2, -0.15) is 5.26 Å². The second-order valence-corrected chi connectivity index (χ2v) is 11.4. The highest BCUT2D eigenvalue weighted by Crippen LogP contribution is 2.62. The first-order valence-electron chi connectivity index (χ1n) is 13.2. The quantitative estimate of drug-likeness (QED) is 0.421. The van der Waals surface area contributed by atoms with Crippen molar-refractivity contribution in [2.75, 3.05) is 36.1 Å². The van der Waals surface area contributed by atoms with Gasteiger partial charge in [0.15, 0.2) is 5.82 Å². The van der Waals surface area contributed by atoms with E-state index in [4.69, 9.17) is 18.7 Å². The minimum atomic E-state index is -0.754. The topological polar surface area (TPSA) is 131 Å². The van der Waals surface area contributed by atoms with Gasteiger partial charge >= 0.3 is 12.2 Å². The van der Waals surface area contributed by atoms with Crippen molar-refractivity contribution in [1.29, 1.82) is 5.26 Å². The fourth-order valence-corrected chi connectivity index (χ4v) is 5.62. The average Bonchev–Trinajstić information content (AvgIpc) is 3.47. The number of ether oxygens (including phenoxy) is 3. The molecule has 3 fully saturated rings. The van der Waals surface area contributed by atoms with Crippen molar-refractivity contribution in [3.63, 3.8) is 0 Å². The maximum absolute atomic E-state index is 15.3. The third kappa shape index (κ3) is 4.76. The molecule has 2 aliphatic heterocycles. The van der Waals surface area contributed by atoms with Gasteiger partial charge in [-0.3, -0.25) is 14.8 Å². The molecule has 4 atom stereocenters. The Balaban J connectivity index is 1.16. The number of pyridine rings is 1. The predicted octanol–water partition coefficient (Wildman–Crippen LogP) is 4.68. The van der Waals surface area contributed by atoms with E-state index in [2.05, 4.69) is 16.2 Å². The molecule has 0 bridgehead atoms. The molecule has 2 amide bonds. The molecule has 12 heteroatoms. The van der Waals surface area contributed by atoms with Gasteiger partial charge in [0, 0.05) is 35.2 Å². The van der Waals surface area contributed by atoms with Gasteiger partial charge in [0.2, 0.25) is 0 Å². The minimum Gasteiger partial charge on any atom is -0.443 e. The van der Waals surface area contributed by atoms with Crippen LogP contribution < -0.4 is 9.80 Å². The summed E-state index contributed by atoms with van der Waals surface area (Å²) in [5.41, 5.74) is 0.465. The Morgan fingerprint density at radius 1 is 1.24 bits per heavy atom. The largest absolute Gasteiger partial charge is 0.443 e. The lowest BCUT2D eigenvalue weighted by Gasteiger charge is -2.26. The summed E-state index contributed by atoms with van der Waals surface area (Å²) in [4.78, 5) is 32.6. The second kappa shape index (κ2) is 9.85. The van der Waals surface area contributed by atoms with E-state index >= 15 is 4.39 Å². The zero-order valence-corrected chi connectivity index (χ0v) is 22.7. The number of benzene rings is 1. The minimum absolute atomic E-state index is 0.0414. The van der Waals surface area contributed by atoms with Crippen LogP contribution >= 0.6 is 0 Å². The molecule has 41 heavy (non-hydrogen) atoms. The molecule has 2 saturated heterocycles. The number of fused-ring (bicyclic) bond motifs is 1. The van der Waals surface area contributed by atoms with E-state index in [9.17, 15) is 14.9 Å². The summed E-state index contributed by atoms with van der Waals surface area (Å²) in [5.74, 6) is -0.0307. The first-order chi connectivity index (χ1) is 19.6. The lowest BCUT2D eigenvalue weighted by molar-refractivity contribution is 0.0556. The molecule has 2 unspecified atom stereocenters. The fourth-order valence-electron chi connectivity index (χ4n) is 5.62. The van der Waals surface area contributed by atoms with Gasteiger partial charge in [0.05, 0.1) is 43.8 Å². The van der Waals surface area contributed by atoms with E-state index in [1.54, 1.807) is 51.2 Å². The van der Waals surface area contributed by atoms with Gasteiger partial charge in [-0.05, 0) is 45.0 Å². The van der Waals surface area contributed by atoms with Crippen molar-refractivity contribution in [1.82, 2.24) is 10.1 Å². The number of amides is 2. The van der Waals surface area contributed by atoms with Crippen LogP contribution in [0.4, 0.5) is 25.5 Å². The van der Waals surface area contributed by atoms with Gasteiger partial charge in [-0.25, -0.2) is 14.0 Å². The van der Waals surface area contributed by atoms with Gasteiger partial charge in [-0.15, -0.1) is 0 Å². The van der Waals surface area contributed by atoms with E-state index in [-0.39, 0.29) is 30.7 Å². The fraction of sp³-hybridized carbons (Fsp3) is 0.414. The lowest BCUT2D eigenvalue weighted by atomic mass is 9.96. The van der Waals surface area contributed by atoms with E-state index < -0.39 is 35.1 Å². The standard InChI is InChI=1S/C29H28FN5O6/c1-28(2,3)41-27(37)35(25-8-9-39-33-25)13-19-12-34(26(36)40-19)18-5-6-20(23(30)10-18)17-4-7-24(32-11-17)29(16-31)21-14-38-15-22(21)29/h4-11,19,21-22H,12-15H2,1-3H3/t19-,21-,22?,29?/m1/s1. The molecule has 6 rings (SSSR count). The zero-order valence-electron chi connectivity index (χ0n) is 22.7. The summed E-state index contributed by atoms with van der Waals surface area (Å²) in [7, 11) is 0. The molecule has 212 valence electrons. The van der Waals surface area contributed by atoms with Gasteiger partial charge in [-0.1, -0.05) is 11.2 Å². The Labute approximate surface area is 235 Å². The Morgan fingerprint density at radius 3 is 2.63 bits per heavy atom. The van der Waals surface area contributed by atoms with Crippen molar-refractivity contribution < 1.29 is 32.7 Å². The van der Waals surface area contributed by atoms with Crippen LogP contribution in [0.15, 0.2) is 53.4 Å². The highest BCUT2D eigenvalue weighted by atomic mass is 19.1. The van der Waals surface area contributed by atoms with Crippen LogP contribution in [0.3, 0.4) is 0 Å². The van der Waals surface area contributed by atoms with E-state index in [1.807, 2.05) is 0 Å². The lowest BCUT2D eigenvalue weighted by Crippen LogP contribution is -2.42. The highest BCUT2D eigenvalue weighted by Gasteiger charge is 2.70.